The fourth-order valence-corrected chi connectivity index (χ4v) is 5.20. The third kappa shape index (κ3) is 3.94. The van der Waals surface area contributed by atoms with E-state index in [9.17, 15) is 44.3 Å². The second kappa shape index (κ2) is 8.47. The molecule has 0 fully saturated rings. The van der Waals surface area contributed by atoms with Crippen LogP contribution >= 0.6 is 31.9 Å². The van der Waals surface area contributed by atoms with E-state index in [2.05, 4.69) is 37.2 Å². The third-order valence-corrected chi connectivity index (χ3v) is 6.29. The number of nitrogens with two attached hydrogens (primary N) is 1. The molecule has 3 unspecified atom stereocenters. The van der Waals surface area contributed by atoms with Gasteiger partial charge in [0.1, 0.15) is 5.41 Å². The summed E-state index contributed by atoms with van der Waals surface area (Å²) in [6.07, 6.45) is -12.7. The molecule has 15 heteroatoms. The highest BCUT2D eigenvalue weighted by molar-refractivity contribution is 9.11. The minimum atomic E-state index is -6.92. The van der Waals surface area contributed by atoms with Crippen molar-refractivity contribution in [2.24, 2.45) is 5.73 Å². The standard InChI is InChI=1S/C18H12Br2F10N2O/c1-32-10-3-2-4-14(12(10)21,13(31)33)11-8(19)5-7(6-9(11)20)15(22,17(25,26)27)16(23,24)18(28,29)30/h2-6,12,32H,1H3,(H2,31,33). The lowest BCUT2D eigenvalue weighted by molar-refractivity contribution is -0.389. The first kappa shape index (κ1) is 27.5. The Morgan fingerprint density at radius 3 is 1.85 bits per heavy atom. The maximum Gasteiger partial charge on any atom is 0.457 e. The lowest BCUT2D eigenvalue weighted by atomic mass is 9.71. The topological polar surface area (TPSA) is 55.1 Å². The van der Waals surface area contributed by atoms with Crippen molar-refractivity contribution in [2.75, 3.05) is 7.05 Å². The molecule has 184 valence electrons. The molecule has 1 amide bonds. The van der Waals surface area contributed by atoms with Gasteiger partial charge in [0.2, 0.25) is 5.91 Å². The summed E-state index contributed by atoms with van der Waals surface area (Å²) in [4.78, 5) is 12.3. The van der Waals surface area contributed by atoms with Crippen LogP contribution in [0.3, 0.4) is 0 Å². The lowest BCUT2D eigenvalue weighted by Crippen LogP contribution is -2.59. The monoisotopic (exact) mass is 620 g/mol. The van der Waals surface area contributed by atoms with Crippen molar-refractivity contribution >= 4 is 37.8 Å². The van der Waals surface area contributed by atoms with Crippen molar-refractivity contribution in [1.82, 2.24) is 5.32 Å². The van der Waals surface area contributed by atoms with E-state index in [1.165, 1.54) is 13.1 Å². The number of halogens is 12. The molecule has 0 radical (unpaired) electrons. The summed E-state index contributed by atoms with van der Waals surface area (Å²) >= 11 is 5.29. The van der Waals surface area contributed by atoms with Crippen molar-refractivity contribution in [3.63, 3.8) is 0 Å². The molecule has 33 heavy (non-hydrogen) atoms. The van der Waals surface area contributed by atoms with E-state index in [1.807, 2.05) is 0 Å². The third-order valence-electron chi connectivity index (χ3n) is 5.04. The molecule has 3 N–H and O–H groups in total. The lowest BCUT2D eigenvalue weighted by Gasteiger charge is -2.38. The van der Waals surface area contributed by atoms with Crippen LogP contribution < -0.4 is 11.1 Å². The van der Waals surface area contributed by atoms with E-state index in [4.69, 9.17) is 5.73 Å². The molecule has 0 saturated heterocycles. The van der Waals surface area contributed by atoms with Gasteiger partial charge >= 0.3 is 23.9 Å². The number of hydrogen-bond acceptors (Lipinski definition) is 2. The van der Waals surface area contributed by atoms with E-state index in [1.54, 1.807) is 0 Å². The molecule has 1 aliphatic rings. The average molecular weight is 622 g/mol. The second-order valence-electron chi connectivity index (χ2n) is 6.87. The number of hydrogen-bond donors (Lipinski definition) is 2. The number of alkyl halides is 10. The highest BCUT2D eigenvalue weighted by Gasteiger charge is 2.81. The molecule has 1 aromatic carbocycles. The Morgan fingerprint density at radius 2 is 1.48 bits per heavy atom. The minimum Gasteiger partial charge on any atom is -0.389 e. The first-order valence-electron chi connectivity index (χ1n) is 8.52. The first-order valence-corrected chi connectivity index (χ1v) is 10.1. The quantitative estimate of drug-likeness (QED) is 0.404. The van der Waals surface area contributed by atoms with Crippen LogP contribution in [-0.2, 0) is 15.9 Å². The van der Waals surface area contributed by atoms with Gasteiger partial charge in [0.25, 0.3) is 0 Å². The van der Waals surface area contributed by atoms with Gasteiger partial charge in [0.15, 0.2) is 6.17 Å². The van der Waals surface area contributed by atoms with Crippen LogP contribution in [0.1, 0.15) is 11.1 Å². The number of primary amides is 1. The molecule has 0 heterocycles. The number of carbonyl (C=O) groups is 1. The van der Waals surface area contributed by atoms with Gasteiger partial charge in [-0.05, 0) is 18.2 Å². The Labute approximate surface area is 196 Å². The Kier molecular flexibility index (Phi) is 7.05. The van der Waals surface area contributed by atoms with Crippen LogP contribution in [0.15, 0.2) is 45.0 Å². The molecule has 3 atom stereocenters. The van der Waals surface area contributed by atoms with Crippen molar-refractivity contribution in [3.8, 4) is 0 Å². The molecular weight excluding hydrogens is 610 g/mol. The summed E-state index contributed by atoms with van der Waals surface area (Å²) in [5.41, 5.74) is -6.26. The van der Waals surface area contributed by atoms with Crippen molar-refractivity contribution in [3.05, 3.63) is 56.1 Å². The predicted octanol–water partition coefficient (Wildman–Crippen LogP) is 5.87. The Balaban J connectivity index is 2.88. The van der Waals surface area contributed by atoms with Crippen molar-refractivity contribution < 1.29 is 48.7 Å². The summed E-state index contributed by atoms with van der Waals surface area (Å²) < 4.78 is 135. The van der Waals surface area contributed by atoms with E-state index >= 15 is 4.39 Å². The van der Waals surface area contributed by atoms with Gasteiger partial charge in [0.05, 0.1) is 0 Å². The largest absolute Gasteiger partial charge is 0.457 e. The van der Waals surface area contributed by atoms with Crippen LogP contribution in [-0.4, -0.2) is 37.4 Å². The molecule has 0 aromatic heterocycles. The van der Waals surface area contributed by atoms with Gasteiger partial charge in [-0.15, -0.1) is 0 Å². The molecule has 0 saturated carbocycles. The fourth-order valence-electron chi connectivity index (χ4n) is 3.35. The van der Waals surface area contributed by atoms with Crippen LogP contribution in [0, 0.1) is 0 Å². The predicted molar refractivity (Wildman–Crippen MR) is 104 cm³/mol. The summed E-state index contributed by atoms with van der Waals surface area (Å²) in [5.74, 6) is -8.29. The van der Waals surface area contributed by atoms with Crippen molar-refractivity contribution in [1.29, 1.82) is 0 Å². The Hall–Kier alpha value is -1.77. The van der Waals surface area contributed by atoms with Crippen LogP contribution in [0.4, 0.5) is 43.9 Å². The van der Waals surface area contributed by atoms with Crippen LogP contribution in [0.5, 0.6) is 0 Å². The molecule has 0 spiro atoms. The summed E-state index contributed by atoms with van der Waals surface area (Å²) in [6, 6.07) is -0.0638. The molecule has 0 bridgehead atoms. The fraction of sp³-hybridized carbons (Fsp3) is 0.389. The number of benzene rings is 1. The molecule has 3 nitrogen and oxygen atoms in total. The SMILES string of the molecule is CNC1=CC=CC(C(N)=O)(c2c(Br)cc(C(F)(C(F)(F)F)C(F)(F)C(F)(F)F)cc2Br)C1F. The number of carbonyl (C=O) groups excluding carboxylic acids is 1. The molecular formula is C18H12Br2F10N2O. The zero-order chi connectivity index (χ0) is 25.8. The minimum absolute atomic E-state index is 0.0319. The highest BCUT2D eigenvalue weighted by Crippen LogP contribution is 2.59. The van der Waals surface area contributed by atoms with Crippen LogP contribution in [0.25, 0.3) is 0 Å². The van der Waals surface area contributed by atoms with Gasteiger partial charge in [-0.2, -0.15) is 35.1 Å². The van der Waals surface area contributed by atoms with E-state index in [0.717, 1.165) is 12.2 Å². The molecule has 0 aliphatic heterocycles. The van der Waals surface area contributed by atoms with Gasteiger partial charge in [0, 0.05) is 32.8 Å². The Morgan fingerprint density at radius 1 is 1.00 bits per heavy atom. The van der Waals surface area contributed by atoms with Gasteiger partial charge in [-0.1, -0.05) is 44.0 Å². The zero-order valence-corrected chi connectivity index (χ0v) is 19.2. The smallest absolute Gasteiger partial charge is 0.389 e. The summed E-state index contributed by atoms with van der Waals surface area (Å²) in [7, 11) is 1.27. The molecule has 1 aliphatic carbocycles. The zero-order valence-electron chi connectivity index (χ0n) is 16.0. The maximum atomic E-state index is 15.3. The maximum absolute atomic E-state index is 15.3. The first-order chi connectivity index (χ1) is 14.8. The van der Waals surface area contributed by atoms with Gasteiger partial charge in [-0.3, -0.25) is 4.79 Å². The normalized spacial score (nSPS) is 23.7. The van der Waals surface area contributed by atoms with Crippen molar-refractivity contribution in [2.45, 2.75) is 35.5 Å². The van der Waals surface area contributed by atoms with Gasteiger partial charge in [-0.25, -0.2) is 8.78 Å². The second-order valence-corrected chi connectivity index (χ2v) is 8.58. The number of rotatable bonds is 5. The number of allylic oxidation sites excluding steroid dienone is 3. The summed E-state index contributed by atoms with van der Waals surface area (Å²) in [6.45, 7) is 0. The summed E-state index contributed by atoms with van der Waals surface area (Å²) in [5, 5.41) is 2.43. The molecule has 2 rings (SSSR count). The van der Waals surface area contributed by atoms with Gasteiger partial charge < -0.3 is 11.1 Å². The Bertz CT molecular complexity index is 997. The number of nitrogens with one attached hydrogen (secondary N) is 1. The average Bonchev–Trinajstić information content (AvgIpc) is 2.65. The highest BCUT2D eigenvalue weighted by atomic mass is 79.9. The van der Waals surface area contributed by atoms with Crippen LogP contribution in [0.2, 0.25) is 0 Å². The van der Waals surface area contributed by atoms with E-state index in [0.29, 0.717) is 0 Å². The van der Waals surface area contributed by atoms with E-state index < -0.39 is 61.5 Å². The number of amides is 1. The van der Waals surface area contributed by atoms with E-state index in [-0.39, 0.29) is 17.8 Å². The molecule has 1 aromatic rings.